The number of methoxy groups -OCH3 is 1. The molecule has 1 atom stereocenters. The largest absolute Gasteiger partial charge is 0.385 e. The van der Waals surface area contributed by atoms with Crippen molar-refractivity contribution >= 4 is 0 Å². The van der Waals surface area contributed by atoms with Crippen LogP contribution in [0.3, 0.4) is 0 Å². The van der Waals surface area contributed by atoms with Crippen LogP contribution in [-0.2, 0) is 4.74 Å². The summed E-state index contributed by atoms with van der Waals surface area (Å²) in [4.78, 5) is 2.58. The minimum absolute atomic E-state index is 0.265. The fraction of sp³-hybridized carbons (Fsp3) is 1.00. The van der Waals surface area contributed by atoms with E-state index in [9.17, 15) is 0 Å². The van der Waals surface area contributed by atoms with Crippen LogP contribution < -0.4 is 5.73 Å². The fourth-order valence-corrected chi connectivity index (χ4v) is 2.63. The summed E-state index contributed by atoms with van der Waals surface area (Å²) in [6, 6.07) is 0. The molecule has 0 aromatic heterocycles. The summed E-state index contributed by atoms with van der Waals surface area (Å²) in [5, 5.41) is 0. The molecule has 1 rings (SSSR count). The van der Waals surface area contributed by atoms with Gasteiger partial charge >= 0.3 is 0 Å². The number of likely N-dealkylation sites (tertiary alicyclic amines) is 1. The summed E-state index contributed by atoms with van der Waals surface area (Å²) in [5.41, 5.74) is 6.11. The quantitative estimate of drug-likeness (QED) is 0.704. The highest BCUT2D eigenvalue weighted by Gasteiger charge is 2.36. The van der Waals surface area contributed by atoms with E-state index >= 15 is 0 Å². The SMILES string of the molecule is COCCCN1CCCC(CN)C1(C)C. The van der Waals surface area contributed by atoms with Gasteiger partial charge in [0.2, 0.25) is 0 Å². The topological polar surface area (TPSA) is 38.5 Å². The van der Waals surface area contributed by atoms with Gasteiger partial charge < -0.3 is 10.5 Å². The highest BCUT2D eigenvalue weighted by atomic mass is 16.5. The van der Waals surface area contributed by atoms with Crippen LogP contribution in [0.5, 0.6) is 0 Å². The van der Waals surface area contributed by atoms with Crippen molar-refractivity contribution in [2.24, 2.45) is 11.7 Å². The predicted molar refractivity (Wildman–Crippen MR) is 63.9 cm³/mol. The highest BCUT2D eigenvalue weighted by Crippen LogP contribution is 2.32. The van der Waals surface area contributed by atoms with E-state index in [1.807, 2.05) is 0 Å². The summed E-state index contributed by atoms with van der Waals surface area (Å²) >= 11 is 0. The number of nitrogens with two attached hydrogens (primary N) is 1. The molecular formula is C12H26N2O. The Morgan fingerprint density at radius 1 is 1.47 bits per heavy atom. The summed E-state index contributed by atoms with van der Waals surface area (Å²) in [7, 11) is 1.77. The van der Waals surface area contributed by atoms with Crippen molar-refractivity contribution in [3.63, 3.8) is 0 Å². The van der Waals surface area contributed by atoms with Crippen LogP contribution in [0.4, 0.5) is 0 Å². The molecule has 0 aromatic carbocycles. The molecule has 0 amide bonds. The van der Waals surface area contributed by atoms with Gasteiger partial charge in [-0.15, -0.1) is 0 Å². The van der Waals surface area contributed by atoms with Crippen LogP contribution in [0.15, 0.2) is 0 Å². The maximum absolute atomic E-state index is 5.84. The first kappa shape index (κ1) is 12.9. The van der Waals surface area contributed by atoms with Gasteiger partial charge in [0.1, 0.15) is 0 Å². The average Bonchev–Trinajstić information content (AvgIpc) is 2.20. The molecule has 0 bridgehead atoms. The minimum atomic E-state index is 0.265. The van der Waals surface area contributed by atoms with Gasteiger partial charge in [-0.25, -0.2) is 0 Å². The van der Waals surface area contributed by atoms with Gasteiger partial charge in [-0.05, 0) is 52.1 Å². The first-order valence-electron chi connectivity index (χ1n) is 6.07. The second kappa shape index (κ2) is 5.83. The standard InChI is InChI=1S/C12H26N2O/c1-12(2)11(10-13)6-4-7-14(12)8-5-9-15-3/h11H,4-10,13H2,1-3H3. The number of nitrogens with zero attached hydrogens (tertiary/aromatic N) is 1. The Kier molecular flexibility index (Phi) is 5.03. The second-order valence-corrected chi connectivity index (χ2v) is 5.06. The zero-order valence-electron chi connectivity index (χ0n) is 10.5. The molecule has 0 radical (unpaired) electrons. The number of hydrogen-bond acceptors (Lipinski definition) is 3. The molecule has 0 aliphatic carbocycles. The molecule has 1 fully saturated rings. The zero-order chi connectivity index (χ0) is 11.3. The zero-order valence-corrected chi connectivity index (χ0v) is 10.5. The lowest BCUT2D eigenvalue weighted by Gasteiger charge is -2.48. The van der Waals surface area contributed by atoms with Gasteiger partial charge in [0.25, 0.3) is 0 Å². The van der Waals surface area contributed by atoms with Crippen molar-refractivity contribution < 1.29 is 4.74 Å². The third-order valence-corrected chi connectivity index (χ3v) is 3.86. The normalized spacial score (nSPS) is 26.8. The summed E-state index contributed by atoms with van der Waals surface area (Å²) in [6.07, 6.45) is 3.69. The summed E-state index contributed by atoms with van der Waals surface area (Å²) in [5.74, 6) is 0.647. The maximum atomic E-state index is 5.84. The van der Waals surface area contributed by atoms with E-state index in [1.165, 1.54) is 19.4 Å². The van der Waals surface area contributed by atoms with Crippen molar-refractivity contribution in [1.82, 2.24) is 4.90 Å². The van der Waals surface area contributed by atoms with Gasteiger partial charge in [-0.1, -0.05) is 0 Å². The third-order valence-electron chi connectivity index (χ3n) is 3.86. The molecule has 1 saturated heterocycles. The molecule has 90 valence electrons. The minimum Gasteiger partial charge on any atom is -0.385 e. The van der Waals surface area contributed by atoms with E-state index in [0.717, 1.165) is 26.1 Å². The monoisotopic (exact) mass is 214 g/mol. The highest BCUT2D eigenvalue weighted by molar-refractivity contribution is 4.92. The Bertz CT molecular complexity index is 182. The molecule has 0 spiro atoms. The average molecular weight is 214 g/mol. The van der Waals surface area contributed by atoms with Crippen LogP contribution in [0.2, 0.25) is 0 Å². The predicted octanol–water partition coefficient (Wildman–Crippen LogP) is 1.47. The lowest BCUT2D eigenvalue weighted by Crippen LogP contribution is -2.55. The molecule has 1 unspecified atom stereocenters. The molecule has 2 N–H and O–H groups in total. The van der Waals surface area contributed by atoms with Crippen molar-refractivity contribution in [2.75, 3.05) is 33.4 Å². The van der Waals surface area contributed by atoms with Gasteiger partial charge in [-0.3, -0.25) is 4.90 Å². The first-order valence-corrected chi connectivity index (χ1v) is 6.07. The number of ether oxygens (including phenoxy) is 1. The molecule has 3 heteroatoms. The molecule has 15 heavy (non-hydrogen) atoms. The number of rotatable bonds is 5. The fourth-order valence-electron chi connectivity index (χ4n) is 2.63. The molecule has 1 aliphatic rings. The Labute approximate surface area is 94.0 Å². The van der Waals surface area contributed by atoms with Crippen LogP contribution in [-0.4, -0.2) is 43.8 Å². The van der Waals surface area contributed by atoms with Crippen LogP contribution in [0, 0.1) is 5.92 Å². The van der Waals surface area contributed by atoms with E-state index in [4.69, 9.17) is 10.5 Å². The van der Waals surface area contributed by atoms with Gasteiger partial charge in [-0.2, -0.15) is 0 Å². The molecule has 0 saturated carbocycles. The number of piperidine rings is 1. The lowest BCUT2D eigenvalue weighted by molar-refractivity contribution is 0.0197. The number of hydrogen-bond donors (Lipinski definition) is 1. The van der Waals surface area contributed by atoms with Gasteiger partial charge in [0, 0.05) is 25.8 Å². The summed E-state index contributed by atoms with van der Waals surface area (Å²) < 4.78 is 5.10. The lowest BCUT2D eigenvalue weighted by atomic mass is 9.79. The first-order chi connectivity index (χ1) is 7.12. The molecule has 1 aliphatic heterocycles. The Balaban J connectivity index is 2.47. The van der Waals surface area contributed by atoms with E-state index in [0.29, 0.717) is 5.92 Å². The smallest absolute Gasteiger partial charge is 0.0474 e. The van der Waals surface area contributed by atoms with E-state index in [-0.39, 0.29) is 5.54 Å². The summed E-state index contributed by atoms with van der Waals surface area (Å²) in [6.45, 7) is 8.69. The van der Waals surface area contributed by atoms with Crippen LogP contribution in [0.25, 0.3) is 0 Å². The van der Waals surface area contributed by atoms with Gasteiger partial charge in [0.15, 0.2) is 0 Å². The second-order valence-electron chi connectivity index (χ2n) is 5.06. The van der Waals surface area contributed by atoms with Crippen molar-refractivity contribution in [3.8, 4) is 0 Å². The van der Waals surface area contributed by atoms with E-state index in [1.54, 1.807) is 7.11 Å². The maximum Gasteiger partial charge on any atom is 0.0474 e. The molecular weight excluding hydrogens is 188 g/mol. The van der Waals surface area contributed by atoms with E-state index in [2.05, 4.69) is 18.7 Å². The van der Waals surface area contributed by atoms with Gasteiger partial charge in [0.05, 0.1) is 0 Å². The molecule has 0 aromatic rings. The Hall–Kier alpha value is -0.120. The molecule has 1 heterocycles. The van der Waals surface area contributed by atoms with Crippen LogP contribution >= 0.6 is 0 Å². The van der Waals surface area contributed by atoms with Crippen molar-refractivity contribution in [3.05, 3.63) is 0 Å². The Morgan fingerprint density at radius 2 is 2.20 bits per heavy atom. The van der Waals surface area contributed by atoms with Crippen LogP contribution in [0.1, 0.15) is 33.1 Å². The third kappa shape index (κ3) is 3.16. The van der Waals surface area contributed by atoms with E-state index < -0.39 is 0 Å². The molecule has 3 nitrogen and oxygen atoms in total. The van der Waals surface area contributed by atoms with Crippen molar-refractivity contribution in [2.45, 2.75) is 38.6 Å². The Morgan fingerprint density at radius 3 is 2.80 bits per heavy atom. The van der Waals surface area contributed by atoms with Crippen molar-refractivity contribution in [1.29, 1.82) is 0 Å².